The number of hydrogen-bond acceptors (Lipinski definition) is 12. The Morgan fingerprint density at radius 1 is 0.630 bits per heavy atom. The molecule has 0 spiro atoms. The number of rotatable bonds is 14. The van der Waals surface area contributed by atoms with Crippen molar-refractivity contribution in [3.05, 3.63) is 120 Å². The first-order chi connectivity index (χ1) is 22.2. The van der Waals surface area contributed by atoms with Crippen molar-refractivity contribution in [3.8, 4) is 17.2 Å². The van der Waals surface area contributed by atoms with Crippen molar-refractivity contribution in [2.24, 2.45) is 0 Å². The van der Waals surface area contributed by atoms with Crippen LogP contribution in [-0.4, -0.2) is 55.9 Å². The lowest BCUT2D eigenvalue weighted by Gasteiger charge is -2.36. The Labute approximate surface area is 265 Å². The zero-order valence-corrected chi connectivity index (χ0v) is 25.2. The van der Waals surface area contributed by atoms with Crippen molar-refractivity contribution in [3.63, 3.8) is 0 Å². The zero-order chi connectivity index (χ0) is 32.9. The van der Waals surface area contributed by atoms with Gasteiger partial charge in [-0.2, -0.15) is 0 Å². The van der Waals surface area contributed by atoms with Gasteiger partial charge in [-0.15, -0.1) is 5.23 Å². The predicted octanol–water partition coefficient (Wildman–Crippen LogP) is 5.66. The Hall–Kier alpha value is -5.43. The van der Waals surface area contributed by atoms with Crippen LogP contribution in [0, 0.1) is 0 Å². The Morgan fingerprint density at radius 3 is 1.65 bits per heavy atom. The molecule has 0 heterocycles. The van der Waals surface area contributed by atoms with E-state index in [4.69, 9.17) is 34.1 Å². The van der Waals surface area contributed by atoms with Crippen LogP contribution in [0.1, 0.15) is 29.5 Å². The summed E-state index contributed by atoms with van der Waals surface area (Å²) >= 11 is 0. The number of esters is 2. The second kappa shape index (κ2) is 16.0. The van der Waals surface area contributed by atoms with Crippen LogP contribution >= 0.6 is 0 Å². The summed E-state index contributed by atoms with van der Waals surface area (Å²) in [4.78, 5) is 36.4. The minimum atomic E-state index is -1.31. The average molecular weight is 632 g/mol. The first-order valence-corrected chi connectivity index (χ1v) is 14.1. The number of nitrogens with zero attached hydrogens (tertiary/aromatic N) is 1. The minimum absolute atomic E-state index is 0.00123. The van der Waals surface area contributed by atoms with E-state index in [1.165, 1.54) is 24.3 Å². The fraction of sp³-hybridized carbons (Fsp3) is 0.206. The third-order valence-corrected chi connectivity index (χ3v) is 6.84. The molecule has 46 heavy (non-hydrogen) atoms. The minimum Gasteiger partial charge on any atom is -0.497 e. The lowest BCUT2D eigenvalue weighted by atomic mass is 9.80. The van der Waals surface area contributed by atoms with Crippen molar-refractivity contribution < 1.29 is 53.2 Å². The number of methoxy groups -OCH3 is 2. The Morgan fingerprint density at radius 2 is 1.13 bits per heavy atom. The van der Waals surface area contributed by atoms with Crippen LogP contribution in [-0.2, 0) is 29.4 Å². The predicted molar refractivity (Wildman–Crippen MR) is 163 cm³/mol. The smallest absolute Gasteiger partial charge is 0.497 e. The van der Waals surface area contributed by atoms with Crippen molar-refractivity contribution in [2.45, 2.75) is 18.4 Å². The van der Waals surface area contributed by atoms with Crippen LogP contribution in [0.2, 0.25) is 0 Å². The molecule has 12 heteroatoms. The third-order valence-electron chi connectivity index (χ3n) is 6.84. The largest absolute Gasteiger partial charge is 0.521 e. The Bertz CT molecular complexity index is 1530. The highest BCUT2D eigenvalue weighted by molar-refractivity contribution is 5.85. The number of benzene rings is 4. The van der Waals surface area contributed by atoms with Gasteiger partial charge in [-0.1, -0.05) is 54.6 Å². The van der Waals surface area contributed by atoms with Crippen molar-refractivity contribution in [1.82, 2.24) is 0 Å². The van der Waals surface area contributed by atoms with E-state index in [9.17, 15) is 14.4 Å². The second-order valence-electron chi connectivity index (χ2n) is 9.68. The average Bonchev–Trinajstić information content (AvgIpc) is 3.08. The maximum absolute atomic E-state index is 12.4. The van der Waals surface area contributed by atoms with Crippen LogP contribution in [0.3, 0.4) is 0 Å². The molecule has 12 nitrogen and oxygen atoms in total. The molecule has 0 atom stereocenters. The monoisotopic (exact) mass is 631 g/mol. The molecule has 0 aliphatic carbocycles. The van der Waals surface area contributed by atoms with Crippen molar-refractivity contribution in [2.75, 3.05) is 32.7 Å². The van der Waals surface area contributed by atoms with Crippen LogP contribution in [0.5, 0.6) is 17.2 Å². The molecule has 0 saturated heterocycles. The first-order valence-electron chi connectivity index (χ1n) is 14.1. The van der Waals surface area contributed by atoms with Gasteiger partial charge in [0.15, 0.2) is 0 Å². The summed E-state index contributed by atoms with van der Waals surface area (Å²) in [5.74, 6) is -0.331. The molecule has 0 unspecified atom stereocenters. The van der Waals surface area contributed by atoms with Gasteiger partial charge in [-0.25, -0.2) is 4.79 Å². The highest BCUT2D eigenvalue weighted by Crippen LogP contribution is 2.41. The molecule has 2 N–H and O–H groups in total. The molecule has 0 bridgehead atoms. The molecule has 0 saturated carbocycles. The van der Waals surface area contributed by atoms with Gasteiger partial charge in [0.2, 0.25) is 0 Å². The van der Waals surface area contributed by atoms with E-state index < -0.39 is 30.1 Å². The second-order valence-corrected chi connectivity index (χ2v) is 9.68. The topological polar surface area (TPSA) is 150 Å². The summed E-state index contributed by atoms with van der Waals surface area (Å²) in [6.45, 7) is -0.121. The van der Waals surface area contributed by atoms with E-state index in [0.717, 1.165) is 16.7 Å². The van der Waals surface area contributed by atoms with Gasteiger partial charge >= 0.3 is 18.1 Å². The number of carbonyl (C=O) groups is 3. The maximum Gasteiger partial charge on any atom is 0.521 e. The first kappa shape index (κ1) is 33.5. The molecule has 0 radical (unpaired) electrons. The lowest BCUT2D eigenvalue weighted by molar-refractivity contribution is -0.150. The number of ether oxygens (including phenoxy) is 6. The van der Waals surface area contributed by atoms with Gasteiger partial charge in [0.25, 0.3) is 0 Å². The normalized spacial score (nSPS) is 10.9. The van der Waals surface area contributed by atoms with Gasteiger partial charge in [0.1, 0.15) is 29.5 Å². The van der Waals surface area contributed by atoms with E-state index in [1.807, 2.05) is 78.9 Å². The molecular formula is C34H33NO11. The summed E-state index contributed by atoms with van der Waals surface area (Å²) < 4.78 is 32.1. The number of hydrogen-bond donors (Lipinski definition) is 2. The quantitative estimate of drug-likeness (QED) is 0.0441. The highest BCUT2D eigenvalue weighted by atomic mass is 16.8. The molecule has 0 amide bonds. The molecular weight excluding hydrogens is 598 g/mol. The van der Waals surface area contributed by atoms with Gasteiger partial charge < -0.3 is 28.4 Å². The van der Waals surface area contributed by atoms with E-state index in [-0.39, 0.29) is 36.3 Å². The SMILES string of the molecule is COc1ccc(C(OCCOC(=O)CCC(=O)OC(=O)Oc2ccc(N(O)O)cc2)(c2ccccc2)c2ccc(OC)cc2)cc1. The molecule has 240 valence electrons. The van der Waals surface area contributed by atoms with Gasteiger partial charge in [-0.05, 0) is 65.2 Å². The van der Waals surface area contributed by atoms with Crippen molar-refractivity contribution >= 4 is 23.8 Å². The van der Waals surface area contributed by atoms with Crippen LogP contribution in [0.15, 0.2) is 103 Å². The Kier molecular flexibility index (Phi) is 11.7. The fourth-order valence-corrected chi connectivity index (χ4v) is 4.61. The molecule has 0 aromatic heterocycles. The third kappa shape index (κ3) is 8.60. The van der Waals surface area contributed by atoms with Gasteiger partial charge in [0, 0.05) is 0 Å². The van der Waals surface area contributed by atoms with E-state index in [0.29, 0.717) is 11.5 Å². The Balaban J connectivity index is 1.37. The van der Waals surface area contributed by atoms with E-state index in [1.54, 1.807) is 14.2 Å². The molecule has 4 rings (SSSR count). The molecule has 0 fully saturated rings. The lowest BCUT2D eigenvalue weighted by Crippen LogP contribution is -2.34. The summed E-state index contributed by atoms with van der Waals surface area (Å²) in [6.07, 6.45) is -2.08. The maximum atomic E-state index is 12.4. The highest BCUT2D eigenvalue weighted by Gasteiger charge is 2.38. The summed E-state index contributed by atoms with van der Waals surface area (Å²) in [5.41, 5.74) is 1.39. The van der Waals surface area contributed by atoms with Crippen molar-refractivity contribution in [1.29, 1.82) is 0 Å². The molecule has 4 aromatic carbocycles. The van der Waals surface area contributed by atoms with Gasteiger partial charge in [0.05, 0.1) is 39.4 Å². The molecule has 0 aliphatic rings. The molecule has 4 aromatic rings. The zero-order valence-electron chi connectivity index (χ0n) is 25.2. The van der Waals surface area contributed by atoms with Gasteiger partial charge in [-0.3, -0.25) is 20.0 Å². The number of carbonyl (C=O) groups excluding carboxylic acids is 3. The standard InChI is InChI=1S/C34H33NO11/c1-41-28-14-8-25(9-15-28)34(24-6-4-3-5-7-24,26-10-16-29(42-2)17-11-26)44-23-22-43-31(36)20-21-32(37)46-33(38)45-30-18-12-27(13-19-30)35(39)40/h3-19,39-40H,20-23H2,1-2H3. The summed E-state index contributed by atoms with van der Waals surface area (Å²) in [6, 6.07) is 29.6. The van der Waals surface area contributed by atoms with Crippen LogP contribution < -0.4 is 19.4 Å². The summed E-state index contributed by atoms with van der Waals surface area (Å²) in [5, 5.41) is 17.8. The fourth-order valence-electron chi connectivity index (χ4n) is 4.61. The van der Waals surface area contributed by atoms with E-state index in [2.05, 4.69) is 4.74 Å². The number of anilines is 1. The van der Waals surface area contributed by atoms with Crippen LogP contribution in [0.25, 0.3) is 0 Å². The van der Waals surface area contributed by atoms with E-state index >= 15 is 0 Å². The molecule has 0 aliphatic heterocycles. The summed E-state index contributed by atoms with van der Waals surface area (Å²) in [7, 11) is 3.18. The van der Waals surface area contributed by atoms with Crippen LogP contribution in [0.4, 0.5) is 10.5 Å².